The zero-order valence-electron chi connectivity index (χ0n) is 7.52. The number of nitrogens with zero attached hydrogens (tertiary/aromatic N) is 2. The molecular formula is C10H6BrClN2S. The van der Waals surface area contributed by atoms with Crippen LogP contribution in [0.1, 0.15) is 0 Å². The molecule has 2 rings (SSSR count). The van der Waals surface area contributed by atoms with Crippen molar-refractivity contribution < 1.29 is 0 Å². The molecule has 0 amide bonds. The Morgan fingerprint density at radius 3 is 2.73 bits per heavy atom. The SMILES string of the molecule is Clc1cc(Sc2ccccc2Br)ncn1. The highest BCUT2D eigenvalue weighted by molar-refractivity contribution is 9.10. The molecule has 76 valence electrons. The van der Waals surface area contributed by atoms with Crippen LogP contribution < -0.4 is 0 Å². The molecule has 1 heterocycles. The third-order valence-electron chi connectivity index (χ3n) is 1.66. The summed E-state index contributed by atoms with van der Waals surface area (Å²) < 4.78 is 1.05. The van der Waals surface area contributed by atoms with Crippen LogP contribution in [0.5, 0.6) is 0 Å². The number of halogens is 2. The fraction of sp³-hybridized carbons (Fsp3) is 0. The van der Waals surface area contributed by atoms with Crippen molar-refractivity contribution in [2.75, 3.05) is 0 Å². The molecule has 0 saturated carbocycles. The van der Waals surface area contributed by atoms with Gasteiger partial charge in [-0.25, -0.2) is 9.97 Å². The normalized spacial score (nSPS) is 10.3. The molecule has 0 N–H and O–H groups in total. The second-order valence-electron chi connectivity index (χ2n) is 2.71. The second-order valence-corrected chi connectivity index (χ2v) is 5.02. The topological polar surface area (TPSA) is 25.8 Å². The van der Waals surface area contributed by atoms with Crippen LogP contribution in [0.25, 0.3) is 0 Å². The molecule has 0 radical (unpaired) electrons. The van der Waals surface area contributed by atoms with Gasteiger partial charge in [0, 0.05) is 15.4 Å². The lowest BCUT2D eigenvalue weighted by molar-refractivity contribution is 1.05. The molecule has 2 nitrogen and oxygen atoms in total. The Kier molecular flexibility index (Phi) is 3.61. The molecule has 0 bridgehead atoms. The van der Waals surface area contributed by atoms with Crippen molar-refractivity contribution in [2.45, 2.75) is 9.92 Å². The summed E-state index contributed by atoms with van der Waals surface area (Å²) in [4.78, 5) is 9.06. The van der Waals surface area contributed by atoms with Gasteiger partial charge in [0.15, 0.2) is 0 Å². The van der Waals surface area contributed by atoms with E-state index in [4.69, 9.17) is 11.6 Å². The molecule has 0 atom stereocenters. The van der Waals surface area contributed by atoms with Crippen LogP contribution in [-0.2, 0) is 0 Å². The quantitative estimate of drug-likeness (QED) is 0.783. The van der Waals surface area contributed by atoms with Crippen LogP contribution in [-0.4, -0.2) is 9.97 Å². The third-order valence-corrected chi connectivity index (χ3v) is 3.83. The predicted octanol–water partition coefficient (Wildman–Crippen LogP) is 4.04. The molecule has 1 aromatic carbocycles. The summed E-state index contributed by atoms with van der Waals surface area (Å²) in [5.74, 6) is 0. The lowest BCUT2D eigenvalue weighted by atomic mass is 10.4. The first kappa shape index (κ1) is 10.9. The van der Waals surface area contributed by atoms with E-state index in [0.29, 0.717) is 5.15 Å². The molecule has 5 heteroatoms. The molecule has 0 fully saturated rings. The summed E-state index contributed by atoms with van der Waals surface area (Å²) in [5.41, 5.74) is 0. The minimum absolute atomic E-state index is 0.458. The van der Waals surface area contributed by atoms with Crippen LogP contribution in [0.4, 0.5) is 0 Å². The summed E-state index contributed by atoms with van der Waals surface area (Å²) in [7, 11) is 0. The third kappa shape index (κ3) is 2.93. The molecular weight excluding hydrogens is 296 g/mol. The summed E-state index contributed by atoms with van der Waals surface area (Å²) in [6.07, 6.45) is 1.46. The Balaban J connectivity index is 2.26. The lowest BCUT2D eigenvalue weighted by Gasteiger charge is -2.02. The minimum Gasteiger partial charge on any atom is -0.230 e. The van der Waals surface area contributed by atoms with Crippen molar-refractivity contribution in [1.82, 2.24) is 9.97 Å². The van der Waals surface area contributed by atoms with Gasteiger partial charge in [-0.15, -0.1) is 0 Å². The Labute approximate surface area is 105 Å². The number of benzene rings is 1. The summed E-state index contributed by atoms with van der Waals surface area (Å²) in [6.45, 7) is 0. The lowest BCUT2D eigenvalue weighted by Crippen LogP contribution is -1.83. The van der Waals surface area contributed by atoms with Gasteiger partial charge in [0.1, 0.15) is 16.5 Å². The van der Waals surface area contributed by atoms with E-state index in [-0.39, 0.29) is 0 Å². The van der Waals surface area contributed by atoms with Gasteiger partial charge < -0.3 is 0 Å². The second kappa shape index (κ2) is 4.96. The molecule has 2 aromatic rings. The first-order valence-corrected chi connectivity index (χ1v) is 6.14. The maximum absolute atomic E-state index is 5.77. The molecule has 0 saturated heterocycles. The first-order valence-electron chi connectivity index (χ1n) is 4.15. The number of rotatable bonds is 2. The van der Waals surface area contributed by atoms with Gasteiger partial charge in [-0.2, -0.15) is 0 Å². The van der Waals surface area contributed by atoms with Crippen LogP contribution >= 0.6 is 39.3 Å². The molecule has 0 unspecified atom stereocenters. The first-order chi connectivity index (χ1) is 7.25. The van der Waals surface area contributed by atoms with Gasteiger partial charge in [0.25, 0.3) is 0 Å². The van der Waals surface area contributed by atoms with Gasteiger partial charge in [0.05, 0.1) is 0 Å². The van der Waals surface area contributed by atoms with Crippen LogP contribution in [0.15, 0.2) is 51.1 Å². The number of aromatic nitrogens is 2. The summed E-state index contributed by atoms with van der Waals surface area (Å²) >= 11 is 10.8. The summed E-state index contributed by atoms with van der Waals surface area (Å²) in [6, 6.07) is 9.71. The van der Waals surface area contributed by atoms with Crippen molar-refractivity contribution in [2.24, 2.45) is 0 Å². The minimum atomic E-state index is 0.458. The van der Waals surface area contributed by atoms with Crippen LogP contribution in [0, 0.1) is 0 Å². The van der Waals surface area contributed by atoms with E-state index in [1.807, 2.05) is 24.3 Å². The van der Waals surface area contributed by atoms with Crippen molar-refractivity contribution >= 4 is 39.3 Å². The Hall–Kier alpha value is -0.580. The Bertz CT molecular complexity index is 478. The molecule has 0 aliphatic heterocycles. The maximum Gasteiger partial charge on any atom is 0.133 e. The van der Waals surface area contributed by atoms with Crippen LogP contribution in [0.2, 0.25) is 5.15 Å². The van der Waals surface area contributed by atoms with Crippen molar-refractivity contribution in [3.8, 4) is 0 Å². The van der Waals surface area contributed by atoms with Crippen molar-refractivity contribution in [1.29, 1.82) is 0 Å². The molecule has 15 heavy (non-hydrogen) atoms. The number of hydrogen-bond acceptors (Lipinski definition) is 3. The van der Waals surface area contributed by atoms with E-state index in [2.05, 4.69) is 25.9 Å². The van der Waals surface area contributed by atoms with Gasteiger partial charge in [0.2, 0.25) is 0 Å². The van der Waals surface area contributed by atoms with E-state index >= 15 is 0 Å². The van der Waals surface area contributed by atoms with E-state index in [0.717, 1.165) is 14.4 Å². The van der Waals surface area contributed by atoms with Crippen LogP contribution in [0.3, 0.4) is 0 Å². The highest BCUT2D eigenvalue weighted by atomic mass is 79.9. The number of hydrogen-bond donors (Lipinski definition) is 0. The predicted molar refractivity (Wildman–Crippen MR) is 65.3 cm³/mol. The van der Waals surface area contributed by atoms with E-state index < -0.39 is 0 Å². The molecule has 1 aromatic heterocycles. The molecule has 0 aliphatic rings. The van der Waals surface area contributed by atoms with Crippen molar-refractivity contribution in [3.05, 3.63) is 46.3 Å². The van der Waals surface area contributed by atoms with E-state index in [1.54, 1.807) is 17.8 Å². The highest BCUT2D eigenvalue weighted by Gasteiger charge is 2.03. The standard InChI is InChI=1S/C10H6BrClN2S/c11-7-3-1-2-4-8(7)15-10-5-9(12)13-6-14-10/h1-6H. The van der Waals surface area contributed by atoms with Gasteiger partial charge in [-0.05, 0) is 28.1 Å². The zero-order valence-corrected chi connectivity index (χ0v) is 10.7. The average molecular weight is 302 g/mol. The largest absolute Gasteiger partial charge is 0.230 e. The van der Waals surface area contributed by atoms with E-state index in [9.17, 15) is 0 Å². The molecule has 0 aliphatic carbocycles. The fourth-order valence-electron chi connectivity index (χ4n) is 1.01. The zero-order chi connectivity index (χ0) is 10.7. The smallest absolute Gasteiger partial charge is 0.133 e. The fourth-order valence-corrected chi connectivity index (χ4v) is 2.56. The highest BCUT2D eigenvalue weighted by Crippen LogP contribution is 2.32. The molecule has 0 spiro atoms. The van der Waals surface area contributed by atoms with Gasteiger partial charge in [-0.1, -0.05) is 35.5 Å². The van der Waals surface area contributed by atoms with Gasteiger partial charge >= 0.3 is 0 Å². The van der Waals surface area contributed by atoms with E-state index in [1.165, 1.54) is 6.33 Å². The monoisotopic (exact) mass is 300 g/mol. The summed E-state index contributed by atoms with van der Waals surface area (Å²) in [5, 5.41) is 1.29. The van der Waals surface area contributed by atoms with Crippen molar-refractivity contribution in [3.63, 3.8) is 0 Å². The Morgan fingerprint density at radius 1 is 1.20 bits per heavy atom. The average Bonchev–Trinajstić information content (AvgIpc) is 2.22. The van der Waals surface area contributed by atoms with Gasteiger partial charge in [-0.3, -0.25) is 0 Å². The maximum atomic E-state index is 5.77. The Morgan fingerprint density at radius 2 is 2.00 bits per heavy atom.